The molecule has 0 aliphatic carbocycles. The molecule has 0 aliphatic rings. The van der Waals surface area contributed by atoms with E-state index in [1.807, 2.05) is 0 Å². The first-order chi connectivity index (χ1) is 17.0. The van der Waals surface area contributed by atoms with Gasteiger partial charge in [0.2, 0.25) is 0 Å². The van der Waals surface area contributed by atoms with E-state index in [2.05, 4.69) is 20.8 Å². The average molecular weight is 525 g/mol. The highest BCUT2D eigenvalue weighted by molar-refractivity contribution is 5.67. The van der Waals surface area contributed by atoms with Gasteiger partial charge in [-0.3, -0.25) is 14.4 Å². The minimum absolute atomic E-state index is 0.0115. The van der Waals surface area contributed by atoms with Gasteiger partial charge >= 0.3 is 17.9 Å². The van der Waals surface area contributed by atoms with Crippen molar-refractivity contribution < 1.29 is 45.0 Å². The van der Waals surface area contributed by atoms with Gasteiger partial charge in [-0.25, -0.2) is 0 Å². The number of carboxylic acids is 3. The molecule has 6 N–H and O–H groups in total. The number of aliphatic carboxylic acids is 3. The van der Waals surface area contributed by atoms with E-state index < -0.39 is 23.3 Å². The molecule has 0 fully saturated rings. The quantitative estimate of drug-likeness (QED) is 0.120. The second-order valence-corrected chi connectivity index (χ2v) is 9.21. The van der Waals surface area contributed by atoms with Crippen LogP contribution >= 0.6 is 0 Å². The molecule has 0 heterocycles. The lowest BCUT2D eigenvalue weighted by Gasteiger charge is -2.22. The maximum Gasteiger partial charge on any atom is 0.303 e. The van der Waals surface area contributed by atoms with Crippen LogP contribution in [0.4, 0.5) is 0 Å². The minimum atomic E-state index is -0.675. The van der Waals surface area contributed by atoms with Gasteiger partial charge in [-0.1, -0.05) is 85.5 Å². The second-order valence-electron chi connectivity index (χ2n) is 9.21. The Kier molecular flexibility index (Phi) is 38.3. The van der Waals surface area contributed by atoms with Crippen LogP contribution in [0, 0.1) is 5.41 Å². The van der Waals surface area contributed by atoms with Crippen molar-refractivity contribution in [1.29, 1.82) is 0 Å². The van der Waals surface area contributed by atoms with Gasteiger partial charge in [0.05, 0.1) is 13.2 Å². The Morgan fingerprint density at radius 1 is 0.528 bits per heavy atom. The van der Waals surface area contributed by atoms with E-state index >= 15 is 0 Å². The summed E-state index contributed by atoms with van der Waals surface area (Å²) in [7, 11) is 0. The van der Waals surface area contributed by atoms with Crippen LogP contribution in [-0.4, -0.2) is 68.4 Å². The second kappa shape index (κ2) is 33.3. The topological polar surface area (TPSA) is 173 Å². The van der Waals surface area contributed by atoms with Crippen LogP contribution < -0.4 is 0 Å². The fourth-order valence-electron chi connectivity index (χ4n) is 2.59. The molecule has 0 aromatic rings. The van der Waals surface area contributed by atoms with E-state index in [-0.39, 0.29) is 19.8 Å². The summed E-state index contributed by atoms with van der Waals surface area (Å²) in [6.45, 7) is 7.91. The molecule has 0 saturated carbocycles. The molecule has 0 amide bonds. The number of rotatable bonds is 19. The van der Waals surface area contributed by atoms with Crippen molar-refractivity contribution in [3.05, 3.63) is 0 Å². The van der Waals surface area contributed by atoms with Gasteiger partial charge in [0.1, 0.15) is 0 Å². The molecule has 0 radical (unpaired) electrons. The lowest BCUT2D eigenvalue weighted by Crippen LogP contribution is -2.26. The summed E-state index contributed by atoms with van der Waals surface area (Å²) < 4.78 is 0. The van der Waals surface area contributed by atoms with Crippen LogP contribution in [0.15, 0.2) is 0 Å². The van der Waals surface area contributed by atoms with Crippen molar-refractivity contribution in [2.45, 2.75) is 130 Å². The molecule has 0 unspecified atom stereocenters. The smallest absolute Gasteiger partial charge is 0.303 e. The van der Waals surface area contributed by atoms with Gasteiger partial charge in [0.25, 0.3) is 0 Å². The number of hydrogen-bond acceptors (Lipinski definition) is 6. The standard InChI is InChI=1S/3C7H14O2.C6H14O3/c3*1-2-3-4-5-6-7(8)9;1-6(4-8,5-9)2-3-7/h3*2-6H2,1H3,(H,8,9);7-9H,2-5H2,1H3. The van der Waals surface area contributed by atoms with Crippen LogP contribution in [0.25, 0.3) is 0 Å². The monoisotopic (exact) mass is 524 g/mol. The van der Waals surface area contributed by atoms with Crippen LogP contribution in [0.2, 0.25) is 0 Å². The molecular formula is C27H56O9. The average Bonchev–Trinajstić information content (AvgIpc) is 2.83. The van der Waals surface area contributed by atoms with Crippen LogP contribution in [0.1, 0.15) is 130 Å². The molecule has 0 aromatic heterocycles. The fraction of sp³-hybridized carbons (Fsp3) is 0.889. The van der Waals surface area contributed by atoms with Crippen LogP contribution in [-0.2, 0) is 14.4 Å². The third-order valence-corrected chi connectivity index (χ3v) is 5.21. The third kappa shape index (κ3) is 45.7. The van der Waals surface area contributed by atoms with Crippen LogP contribution in [0.3, 0.4) is 0 Å². The molecule has 36 heavy (non-hydrogen) atoms. The molecule has 218 valence electrons. The molecule has 0 spiro atoms. The largest absolute Gasteiger partial charge is 0.481 e. The molecule has 0 bridgehead atoms. The van der Waals surface area contributed by atoms with Crippen molar-refractivity contribution in [2.75, 3.05) is 19.8 Å². The minimum Gasteiger partial charge on any atom is -0.481 e. The van der Waals surface area contributed by atoms with E-state index in [1.54, 1.807) is 6.92 Å². The maximum absolute atomic E-state index is 9.96. The summed E-state index contributed by atoms with van der Waals surface area (Å²) in [6, 6.07) is 0. The maximum atomic E-state index is 9.96. The van der Waals surface area contributed by atoms with Gasteiger partial charge in [-0.2, -0.15) is 0 Å². The van der Waals surface area contributed by atoms with Gasteiger partial charge in [-0.05, 0) is 25.7 Å². The summed E-state index contributed by atoms with van der Waals surface area (Å²) in [5, 5.41) is 50.4. The zero-order valence-electron chi connectivity index (χ0n) is 23.3. The van der Waals surface area contributed by atoms with Crippen molar-refractivity contribution in [1.82, 2.24) is 0 Å². The molecule has 0 rings (SSSR count). The Morgan fingerprint density at radius 2 is 0.806 bits per heavy atom. The molecule has 0 saturated heterocycles. The van der Waals surface area contributed by atoms with Crippen molar-refractivity contribution in [2.24, 2.45) is 5.41 Å². The third-order valence-electron chi connectivity index (χ3n) is 5.21. The van der Waals surface area contributed by atoms with Gasteiger partial charge in [0, 0.05) is 31.3 Å². The highest BCUT2D eigenvalue weighted by atomic mass is 16.4. The number of carboxylic acid groups (broad SMARTS) is 3. The van der Waals surface area contributed by atoms with Gasteiger partial charge in [0.15, 0.2) is 0 Å². The van der Waals surface area contributed by atoms with Crippen molar-refractivity contribution >= 4 is 17.9 Å². The fourth-order valence-corrected chi connectivity index (χ4v) is 2.59. The number of aliphatic hydroxyl groups is 3. The van der Waals surface area contributed by atoms with Gasteiger partial charge in [-0.15, -0.1) is 0 Å². The van der Waals surface area contributed by atoms with Gasteiger partial charge < -0.3 is 30.6 Å². The SMILES string of the molecule is CC(CO)(CO)CCO.CCCCCCC(=O)O.CCCCCCC(=O)O.CCCCCCC(=O)O. The van der Waals surface area contributed by atoms with E-state index in [0.717, 1.165) is 57.8 Å². The number of aliphatic hydroxyl groups excluding tert-OH is 3. The van der Waals surface area contributed by atoms with E-state index in [0.29, 0.717) is 25.7 Å². The van der Waals surface area contributed by atoms with Crippen molar-refractivity contribution in [3.8, 4) is 0 Å². The van der Waals surface area contributed by atoms with E-state index in [4.69, 9.17) is 30.6 Å². The zero-order chi connectivity index (χ0) is 28.7. The molecule has 0 aliphatic heterocycles. The summed E-state index contributed by atoms with van der Waals surface area (Å²) in [5.74, 6) is -2.02. The Morgan fingerprint density at radius 3 is 0.944 bits per heavy atom. The lowest BCUT2D eigenvalue weighted by molar-refractivity contribution is -0.138. The normalized spacial score (nSPS) is 10.1. The summed E-state index contributed by atoms with van der Waals surface area (Å²) >= 11 is 0. The van der Waals surface area contributed by atoms with Crippen LogP contribution in [0.5, 0.6) is 0 Å². The first kappa shape index (κ1) is 41.4. The molecule has 9 heteroatoms. The first-order valence-electron chi connectivity index (χ1n) is 13.5. The Hall–Kier alpha value is -1.71. The summed E-state index contributed by atoms with van der Waals surface area (Å²) in [4.78, 5) is 29.9. The predicted octanol–water partition coefficient (Wildman–Crippen LogP) is 5.48. The lowest BCUT2D eigenvalue weighted by atomic mass is 9.89. The molecular weight excluding hydrogens is 468 g/mol. The first-order valence-corrected chi connectivity index (χ1v) is 13.5. The predicted molar refractivity (Wildman–Crippen MR) is 143 cm³/mol. The van der Waals surface area contributed by atoms with E-state index in [1.165, 1.54) is 19.3 Å². The Bertz CT molecular complexity index is 426. The highest BCUT2D eigenvalue weighted by Gasteiger charge is 2.20. The van der Waals surface area contributed by atoms with Crippen molar-refractivity contribution in [3.63, 3.8) is 0 Å². The summed E-state index contributed by atoms with van der Waals surface area (Å²) in [6.07, 6.45) is 14.1. The van der Waals surface area contributed by atoms with E-state index in [9.17, 15) is 14.4 Å². The molecule has 0 atom stereocenters. The Labute approximate surface area is 218 Å². The molecule has 0 aromatic carbocycles. The Balaban J connectivity index is -0.000000190. The highest BCUT2D eigenvalue weighted by Crippen LogP contribution is 2.17. The number of carbonyl (C=O) groups is 3. The number of unbranched alkanes of at least 4 members (excludes halogenated alkanes) is 9. The summed E-state index contributed by atoms with van der Waals surface area (Å²) in [5.41, 5.74) is -0.505. The number of hydrogen-bond donors (Lipinski definition) is 6. The molecule has 9 nitrogen and oxygen atoms in total. The zero-order valence-corrected chi connectivity index (χ0v) is 23.3.